The molecule has 3 rings (SSSR count). The largest absolute Gasteiger partial charge is 0.493 e. The summed E-state index contributed by atoms with van der Waals surface area (Å²) in [5, 5.41) is 11.6. The number of primary amides is 1. The van der Waals surface area contributed by atoms with E-state index < -0.39 is 5.91 Å². The van der Waals surface area contributed by atoms with Gasteiger partial charge < -0.3 is 20.5 Å². The Labute approximate surface area is 160 Å². The fourth-order valence-corrected chi connectivity index (χ4v) is 3.34. The van der Waals surface area contributed by atoms with Gasteiger partial charge in [0.2, 0.25) is 11.8 Å². The summed E-state index contributed by atoms with van der Waals surface area (Å²) in [7, 11) is 3.08. The predicted octanol–water partition coefficient (Wildman–Crippen LogP) is 1.39. The fourth-order valence-electron chi connectivity index (χ4n) is 2.60. The number of rotatable bonds is 9. The van der Waals surface area contributed by atoms with Gasteiger partial charge >= 0.3 is 0 Å². The molecule has 1 heterocycles. The van der Waals surface area contributed by atoms with Crippen molar-refractivity contribution in [2.45, 2.75) is 30.5 Å². The highest BCUT2D eigenvalue weighted by atomic mass is 32.2. The van der Waals surface area contributed by atoms with Gasteiger partial charge in [0.05, 0.1) is 20.0 Å². The minimum absolute atomic E-state index is 0.0124. The first kappa shape index (κ1) is 19.0. The first-order valence-corrected chi connectivity index (χ1v) is 9.36. The van der Waals surface area contributed by atoms with Crippen molar-refractivity contribution >= 4 is 29.3 Å². The van der Waals surface area contributed by atoms with Crippen molar-refractivity contribution in [3.8, 4) is 11.5 Å². The minimum Gasteiger partial charge on any atom is -0.493 e. The lowest BCUT2D eigenvalue weighted by molar-refractivity contribution is -0.118. The van der Waals surface area contributed by atoms with Crippen LogP contribution < -0.4 is 20.5 Å². The van der Waals surface area contributed by atoms with Crippen LogP contribution in [-0.2, 0) is 16.1 Å². The number of aromatic nitrogens is 3. The Hall–Kier alpha value is -2.75. The normalized spacial score (nSPS) is 13.3. The molecule has 9 nitrogen and oxygen atoms in total. The molecule has 1 aromatic heterocycles. The predicted molar refractivity (Wildman–Crippen MR) is 100 cm³/mol. The molecule has 0 atom stereocenters. The SMILES string of the molecule is COc1ccc(NC(=O)CSc2nnc(C3CC3)n2CC(N)=O)cc1OC. The number of hydrogen-bond donors (Lipinski definition) is 2. The van der Waals surface area contributed by atoms with E-state index in [1.807, 2.05) is 0 Å². The average molecular weight is 391 g/mol. The van der Waals surface area contributed by atoms with E-state index in [1.54, 1.807) is 29.9 Å². The number of hydrogen-bond acceptors (Lipinski definition) is 7. The van der Waals surface area contributed by atoms with Crippen LogP contribution in [-0.4, -0.2) is 46.6 Å². The van der Waals surface area contributed by atoms with Crippen molar-refractivity contribution in [3.63, 3.8) is 0 Å². The van der Waals surface area contributed by atoms with Gasteiger partial charge in [-0.1, -0.05) is 11.8 Å². The molecule has 3 N–H and O–H groups in total. The van der Waals surface area contributed by atoms with Crippen LogP contribution in [0.25, 0.3) is 0 Å². The van der Waals surface area contributed by atoms with Gasteiger partial charge in [-0.3, -0.25) is 14.2 Å². The topological polar surface area (TPSA) is 121 Å². The van der Waals surface area contributed by atoms with Crippen molar-refractivity contribution in [2.24, 2.45) is 5.73 Å². The molecule has 27 heavy (non-hydrogen) atoms. The highest BCUT2D eigenvalue weighted by Gasteiger charge is 2.31. The lowest BCUT2D eigenvalue weighted by Crippen LogP contribution is -2.21. The molecule has 10 heteroatoms. The van der Waals surface area contributed by atoms with Crippen LogP contribution in [0.3, 0.4) is 0 Å². The third-order valence-corrected chi connectivity index (χ3v) is 4.97. The van der Waals surface area contributed by atoms with Gasteiger partial charge in [0, 0.05) is 17.7 Å². The second-order valence-corrected chi connectivity index (χ2v) is 7.02. The van der Waals surface area contributed by atoms with Crippen LogP contribution in [0.4, 0.5) is 5.69 Å². The number of anilines is 1. The molecular formula is C17H21N5O4S. The van der Waals surface area contributed by atoms with Crippen LogP contribution in [0.1, 0.15) is 24.6 Å². The maximum Gasteiger partial charge on any atom is 0.237 e. The molecule has 1 aromatic carbocycles. The monoisotopic (exact) mass is 391 g/mol. The van der Waals surface area contributed by atoms with Gasteiger partial charge in [-0.25, -0.2) is 0 Å². The molecule has 0 unspecified atom stereocenters. The van der Waals surface area contributed by atoms with Gasteiger partial charge in [0.15, 0.2) is 16.7 Å². The van der Waals surface area contributed by atoms with E-state index in [2.05, 4.69) is 15.5 Å². The summed E-state index contributed by atoms with van der Waals surface area (Å²) in [6.45, 7) is 0.0124. The zero-order valence-electron chi connectivity index (χ0n) is 15.1. The van der Waals surface area contributed by atoms with Crippen LogP contribution >= 0.6 is 11.8 Å². The molecule has 0 saturated heterocycles. The molecule has 1 aliphatic carbocycles. The van der Waals surface area contributed by atoms with E-state index in [1.165, 1.54) is 18.9 Å². The Balaban J connectivity index is 1.63. The Morgan fingerprint density at radius 2 is 2.00 bits per heavy atom. The summed E-state index contributed by atoms with van der Waals surface area (Å²) < 4.78 is 12.1. The standard InChI is InChI=1S/C17H21N5O4S/c1-25-12-6-5-11(7-13(12)26-2)19-15(24)9-27-17-21-20-16(10-3-4-10)22(17)8-14(18)23/h5-7,10H,3-4,8-9H2,1-2H3,(H2,18,23)(H,19,24). The van der Waals surface area contributed by atoms with E-state index in [4.69, 9.17) is 15.2 Å². The van der Waals surface area contributed by atoms with Gasteiger partial charge in [-0.05, 0) is 25.0 Å². The van der Waals surface area contributed by atoms with E-state index in [0.29, 0.717) is 28.3 Å². The van der Waals surface area contributed by atoms with Crippen LogP contribution in [0.2, 0.25) is 0 Å². The van der Waals surface area contributed by atoms with E-state index >= 15 is 0 Å². The molecule has 1 saturated carbocycles. The van der Waals surface area contributed by atoms with E-state index in [0.717, 1.165) is 18.7 Å². The fraction of sp³-hybridized carbons (Fsp3) is 0.412. The number of nitrogens with zero attached hydrogens (tertiary/aromatic N) is 3. The van der Waals surface area contributed by atoms with Crippen LogP contribution in [0.5, 0.6) is 11.5 Å². The Kier molecular flexibility index (Phi) is 5.84. The quantitative estimate of drug-likeness (QED) is 0.620. The summed E-state index contributed by atoms with van der Waals surface area (Å²) in [6, 6.07) is 5.12. The number of carbonyl (C=O) groups is 2. The summed E-state index contributed by atoms with van der Waals surface area (Å²) >= 11 is 1.21. The number of nitrogens with one attached hydrogen (secondary N) is 1. The number of benzene rings is 1. The number of amides is 2. The molecule has 0 spiro atoms. The zero-order valence-corrected chi connectivity index (χ0v) is 15.9. The van der Waals surface area contributed by atoms with Crippen molar-refractivity contribution in [3.05, 3.63) is 24.0 Å². The molecule has 144 valence electrons. The smallest absolute Gasteiger partial charge is 0.237 e. The molecular weight excluding hydrogens is 370 g/mol. The Morgan fingerprint density at radius 1 is 1.26 bits per heavy atom. The summed E-state index contributed by atoms with van der Waals surface area (Å²) in [6.07, 6.45) is 2.06. The highest BCUT2D eigenvalue weighted by Crippen LogP contribution is 2.40. The summed E-state index contributed by atoms with van der Waals surface area (Å²) in [4.78, 5) is 23.6. The molecule has 1 aliphatic rings. The number of carbonyl (C=O) groups excluding carboxylic acids is 2. The van der Waals surface area contributed by atoms with Crippen molar-refractivity contribution in [2.75, 3.05) is 25.3 Å². The number of thioether (sulfide) groups is 1. The van der Waals surface area contributed by atoms with E-state index in [-0.39, 0.29) is 18.2 Å². The maximum atomic E-state index is 12.3. The summed E-state index contributed by atoms with van der Waals surface area (Å²) in [5.74, 6) is 1.64. The maximum absolute atomic E-state index is 12.3. The van der Waals surface area contributed by atoms with Gasteiger partial charge in [0.25, 0.3) is 0 Å². The van der Waals surface area contributed by atoms with Crippen molar-refractivity contribution in [1.82, 2.24) is 14.8 Å². The van der Waals surface area contributed by atoms with Crippen molar-refractivity contribution in [1.29, 1.82) is 0 Å². The van der Waals surface area contributed by atoms with Crippen molar-refractivity contribution < 1.29 is 19.1 Å². The first-order valence-electron chi connectivity index (χ1n) is 8.38. The molecule has 0 aliphatic heterocycles. The number of methoxy groups -OCH3 is 2. The molecule has 0 radical (unpaired) electrons. The molecule has 2 amide bonds. The lowest BCUT2D eigenvalue weighted by Gasteiger charge is -2.11. The Morgan fingerprint density at radius 3 is 2.63 bits per heavy atom. The van der Waals surface area contributed by atoms with Gasteiger partial charge in [-0.15, -0.1) is 10.2 Å². The summed E-state index contributed by atoms with van der Waals surface area (Å²) in [5.41, 5.74) is 5.92. The molecule has 2 aromatic rings. The number of nitrogens with two attached hydrogens (primary N) is 1. The third-order valence-electron chi connectivity index (χ3n) is 4.00. The molecule has 0 bridgehead atoms. The van der Waals surface area contributed by atoms with Crippen LogP contribution in [0, 0.1) is 0 Å². The number of ether oxygens (including phenoxy) is 2. The Bertz CT molecular complexity index is 850. The van der Waals surface area contributed by atoms with Gasteiger partial charge in [-0.2, -0.15) is 0 Å². The third kappa shape index (κ3) is 4.70. The highest BCUT2D eigenvalue weighted by molar-refractivity contribution is 7.99. The van der Waals surface area contributed by atoms with Gasteiger partial charge in [0.1, 0.15) is 12.4 Å². The zero-order chi connectivity index (χ0) is 19.4. The van der Waals surface area contributed by atoms with Crippen LogP contribution in [0.15, 0.2) is 23.4 Å². The minimum atomic E-state index is -0.465. The first-order chi connectivity index (χ1) is 13.0. The second-order valence-electron chi connectivity index (χ2n) is 6.07. The average Bonchev–Trinajstić information content (AvgIpc) is 3.41. The van der Waals surface area contributed by atoms with E-state index in [9.17, 15) is 9.59 Å². The molecule has 1 fully saturated rings. The lowest BCUT2D eigenvalue weighted by atomic mass is 10.2. The second kappa shape index (κ2) is 8.30.